The van der Waals surface area contributed by atoms with Crippen molar-refractivity contribution in [3.05, 3.63) is 12.7 Å². The maximum Gasteiger partial charge on any atom is 0.243 e. The fourth-order valence-corrected chi connectivity index (χ4v) is 5.08. The predicted molar refractivity (Wildman–Crippen MR) is 137 cm³/mol. The van der Waals surface area contributed by atoms with E-state index in [1.807, 2.05) is 19.4 Å². The quantitative estimate of drug-likeness (QED) is 0.298. The van der Waals surface area contributed by atoms with E-state index in [9.17, 15) is 9.59 Å². The van der Waals surface area contributed by atoms with Gasteiger partial charge in [0.05, 0.1) is 0 Å². The Hall–Kier alpha value is -1.98. The number of carbonyl (C=O) groups excluding carboxylic acids is 2. The zero-order valence-electron chi connectivity index (χ0n) is 21.1. The highest BCUT2D eigenvalue weighted by molar-refractivity contribution is 5.80. The molecule has 186 valence electrons. The van der Waals surface area contributed by atoms with Crippen LogP contribution in [0.3, 0.4) is 0 Å². The fraction of sp³-hybridized carbons (Fsp3) is 0.778. The van der Waals surface area contributed by atoms with Gasteiger partial charge in [0.2, 0.25) is 11.8 Å². The third-order valence-corrected chi connectivity index (χ3v) is 7.51. The highest BCUT2D eigenvalue weighted by Crippen LogP contribution is 2.30. The lowest BCUT2D eigenvalue weighted by atomic mass is 9.82. The SMILES string of the molecule is C=CC.CC1CCC(C(=O)N/N=C/C2CCC(/C=N/NC(=O)C3CCC(C)CC3)CC2)CC1. The summed E-state index contributed by atoms with van der Waals surface area (Å²) in [5.41, 5.74) is 5.53. The minimum atomic E-state index is 0.0853. The van der Waals surface area contributed by atoms with Crippen LogP contribution in [0.4, 0.5) is 0 Å². The van der Waals surface area contributed by atoms with Crippen LogP contribution < -0.4 is 10.9 Å². The number of nitrogens with zero attached hydrogens (tertiary/aromatic N) is 2. The second kappa shape index (κ2) is 15.0. The first-order valence-corrected chi connectivity index (χ1v) is 13.2. The molecule has 0 aromatic carbocycles. The van der Waals surface area contributed by atoms with Crippen LogP contribution in [-0.2, 0) is 9.59 Å². The molecule has 3 fully saturated rings. The van der Waals surface area contributed by atoms with Crippen LogP contribution in [-0.4, -0.2) is 24.2 Å². The summed E-state index contributed by atoms with van der Waals surface area (Å²) in [6.07, 6.45) is 18.3. The number of allylic oxidation sites excluding steroid dienone is 1. The monoisotopic (exact) mass is 458 g/mol. The molecule has 0 unspecified atom stereocenters. The molecule has 6 heteroatoms. The van der Waals surface area contributed by atoms with Gasteiger partial charge < -0.3 is 0 Å². The molecule has 3 aliphatic rings. The fourth-order valence-electron chi connectivity index (χ4n) is 5.08. The molecular weight excluding hydrogens is 412 g/mol. The summed E-state index contributed by atoms with van der Waals surface area (Å²) >= 11 is 0. The molecule has 6 nitrogen and oxygen atoms in total. The molecule has 0 bridgehead atoms. The molecule has 2 N–H and O–H groups in total. The Morgan fingerprint density at radius 1 is 0.667 bits per heavy atom. The molecule has 0 aromatic rings. The van der Waals surface area contributed by atoms with Crippen molar-refractivity contribution in [2.75, 3.05) is 0 Å². The van der Waals surface area contributed by atoms with Gasteiger partial charge in [0.25, 0.3) is 0 Å². The first-order valence-electron chi connectivity index (χ1n) is 13.2. The largest absolute Gasteiger partial charge is 0.273 e. The van der Waals surface area contributed by atoms with Gasteiger partial charge in [0.15, 0.2) is 0 Å². The molecule has 0 atom stereocenters. The Labute approximate surface area is 201 Å². The second-order valence-corrected chi connectivity index (χ2v) is 10.5. The van der Waals surface area contributed by atoms with Crippen LogP contribution in [0, 0.1) is 35.5 Å². The minimum absolute atomic E-state index is 0.0853. The van der Waals surface area contributed by atoms with Crippen molar-refractivity contribution >= 4 is 24.2 Å². The summed E-state index contributed by atoms with van der Waals surface area (Å²) in [7, 11) is 0. The van der Waals surface area contributed by atoms with Gasteiger partial charge in [0.1, 0.15) is 0 Å². The van der Waals surface area contributed by atoms with E-state index in [0.29, 0.717) is 11.8 Å². The average molecular weight is 459 g/mol. The topological polar surface area (TPSA) is 82.9 Å². The highest BCUT2D eigenvalue weighted by Gasteiger charge is 2.25. The molecule has 3 rings (SSSR count). The van der Waals surface area contributed by atoms with Crippen molar-refractivity contribution in [2.24, 2.45) is 45.7 Å². The molecule has 0 radical (unpaired) electrons. The van der Waals surface area contributed by atoms with E-state index in [-0.39, 0.29) is 23.7 Å². The molecule has 0 saturated heterocycles. The van der Waals surface area contributed by atoms with Crippen LogP contribution in [0.1, 0.15) is 97.8 Å². The third kappa shape index (κ3) is 10.2. The Morgan fingerprint density at radius 2 is 0.970 bits per heavy atom. The summed E-state index contributed by atoms with van der Waals surface area (Å²) in [6.45, 7) is 9.77. The number of carbonyl (C=O) groups is 2. The molecular formula is C27H46N4O2. The number of nitrogens with one attached hydrogen (secondary N) is 2. The van der Waals surface area contributed by atoms with Crippen LogP contribution in [0.5, 0.6) is 0 Å². The van der Waals surface area contributed by atoms with Crippen molar-refractivity contribution < 1.29 is 9.59 Å². The van der Waals surface area contributed by atoms with E-state index >= 15 is 0 Å². The number of hydrogen-bond donors (Lipinski definition) is 2. The lowest BCUT2D eigenvalue weighted by molar-refractivity contribution is -0.126. The minimum Gasteiger partial charge on any atom is -0.273 e. The summed E-state index contributed by atoms with van der Waals surface area (Å²) in [6, 6.07) is 0. The van der Waals surface area contributed by atoms with Gasteiger partial charge in [-0.25, -0.2) is 10.9 Å². The number of hydrazone groups is 2. The van der Waals surface area contributed by atoms with Crippen molar-refractivity contribution in [1.82, 2.24) is 10.9 Å². The Bertz CT molecular complexity index is 597. The van der Waals surface area contributed by atoms with E-state index in [4.69, 9.17) is 0 Å². The first kappa shape index (κ1) is 27.3. The number of hydrogen-bond acceptors (Lipinski definition) is 4. The van der Waals surface area contributed by atoms with Crippen LogP contribution >= 0.6 is 0 Å². The molecule has 3 aliphatic carbocycles. The lowest BCUT2D eigenvalue weighted by Crippen LogP contribution is -2.30. The Kier molecular flexibility index (Phi) is 12.4. The maximum absolute atomic E-state index is 12.2. The Balaban J connectivity index is 0.00000122. The molecule has 33 heavy (non-hydrogen) atoms. The van der Waals surface area contributed by atoms with E-state index in [1.54, 1.807) is 6.08 Å². The standard InChI is InChI=1S/C24H40N4O2.C3H6/c1-17-3-11-21(12-4-17)23(29)27-25-15-19-7-9-20(10-8-19)16-26-28-24(30)22-13-5-18(2)6-14-22;1-3-2/h15-22H,3-14H2,1-2H3,(H,27,29)(H,28,30);3H,1H2,2H3/b25-15+,26-16+;. The van der Waals surface area contributed by atoms with Crippen molar-refractivity contribution in [3.8, 4) is 0 Å². The van der Waals surface area contributed by atoms with E-state index in [0.717, 1.165) is 88.9 Å². The first-order chi connectivity index (χ1) is 15.9. The zero-order chi connectivity index (χ0) is 24.1. The van der Waals surface area contributed by atoms with E-state index in [2.05, 4.69) is 41.5 Å². The van der Waals surface area contributed by atoms with E-state index in [1.165, 1.54) is 0 Å². The van der Waals surface area contributed by atoms with E-state index < -0.39 is 0 Å². The van der Waals surface area contributed by atoms with Gasteiger partial charge in [0, 0.05) is 24.3 Å². The van der Waals surface area contributed by atoms with Crippen molar-refractivity contribution in [3.63, 3.8) is 0 Å². The average Bonchev–Trinajstić information content (AvgIpc) is 2.81. The summed E-state index contributed by atoms with van der Waals surface area (Å²) in [5, 5.41) is 8.48. The second-order valence-electron chi connectivity index (χ2n) is 10.5. The maximum atomic E-state index is 12.2. The van der Waals surface area contributed by atoms with Crippen LogP contribution in [0.2, 0.25) is 0 Å². The number of amides is 2. The normalized spacial score (nSPS) is 32.6. The molecule has 3 saturated carbocycles. The van der Waals surface area contributed by atoms with Gasteiger partial charge in [-0.1, -0.05) is 19.9 Å². The van der Waals surface area contributed by atoms with Gasteiger partial charge in [-0.2, -0.15) is 10.2 Å². The van der Waals surface area contributed by atoms with Crippen LogP contribution in [0.15, 0.2) is 22.9 Å². The van der Waals surface area contributed by atoms with Crippen molar-refractivity contribution in [1.29, 1.82) is 0 Å². The smallest absolute Gasteiger partial charge is 0.243 e. The zero-order valence-corrected chi connectivity index (χ0v) is 21.1. The lowest BCUT2D eigenvalue weighted by Gasteiger charge is -2.25. The molecule has 0 aliphatic heterocycles. The Morgan fingerprint density at radius 3 is 1.27 bits per heavy atom. The summed E-state index contributed by atoms with van der Waals surface area (Å²) in [5.74, 6) is 2.78. The number of rotatable bonds is 6. The third-order valence-electron chi connectivity index (χ3n) is 7.51. The highest BCUT2D eigenvalue weighted by atomic mass is 16.2. The predicted octanol–water partition coefficient (Wildman–Crippen LogP) is 5.84. The van der Waals surface area contributed by atoms with Gasteiger partial charge in [-0.15, -0.1) is 6.58 Å². The molecule has 0 heterocycles. The molecule has 0 spiro atoms. The van der Waals surface area contributed by atoms with Crippen molar-refractivity contribution in [2.45, 2.75) is 97.8 Å². The van der Waals surface area contributed by atoms with Crippen LogP contribution in [0.25, 0.3) is 0 Å². The molecule has 0 aromatic heterocycles. The summed E-state index contributed by atoms with van der Waals surface area (Å²) in [4.78, 5) is 24.5. The van der Waals surface area contributed by atoms with Gasteiger partial charge in [-0.3, -0.25) is 9.59 Å². The summed E-state index contributed by atoms with van der Waals surface area (Å²) < 4.78 is 0. The molecule has 2 amide bonds. The van der Waals surface area contributed by atoms with Gasteiger partial charge in [-0.05, 0) is 108 Å². The van der Waals surface area contributed by atoms with Gasteiger partial charge >= 0.3 is 0 Å².